The lowest BCUT2D eigenvalue weighted by atomic mass is 9.91. The van der Waals surface area contributed by atoms with Gasteiger partial charge in [-0.05, 0) is 31.0 Å². The number of nitrogens with one attached hydrogen (secondary N) is 1. The molecule has 1 fully saturated rings. The third kappa shape index (κ3) is 2.31. The quantitative estimate of drug-likeness (QED) is 0.850. The summed E-state index contributed by atoms with van der Waals surface area (Å²) >= 11 is 0. The molecule has 1 aromatic carbocycles. The molecular weight excluding hydrogens is 222 g/mol. The van der Waals surface area contributed by atoms with Gasteiger partial charge in [-0.15, -0.1) is 0 Å². The van der Waals surface area contributed by atoms with Crippen molar-refractivity contribution in [3.63, 3.8) is 0 Å². The summed E-state index contributed by atoms with van der Waals surface area (Å²) in [6.07, 6.45) is 4.78. The van der Waals surface area contributed by atoms with Crippen molar-refractivity contribution in [2.75, 3.05) is 5.32 Å². The van der Waals surface area contributed by atoms with Gasteiger partial charge in [-0.2, -0.15) is 0 Å². The van der Waals surface area contributed by atoms with E-state index in [-0.39, 0.29) is 6.04 Å². The van der Waals surface area contributed by atoms with E-state index in [1.165, 1.54) is 18.2 Å². The Morgan fingerprint density at radius 3 is 2.78 bits per heavy atom. The van der Waals surface area contributed by atoms with Gasteiger partial charge in [0, 0.05) is 17.5 Å². The van der Waals surface area contributed by atoms with Crippen LogP contribution >= 0.6 is 0 Å². The zero-order chi connectivity index (χ0) is 12.4. The summed E-state index contributed by atoms with van der Waals surface area (Å²) < 4.78 is 0. The average molecular weight is 241 g/mol. The molecule has 0 saturated heterocycles. The van der Waals surface area contributed by atoms with Crippen molar-refractivity contribution in [2.24, 2.45) is 5.73 Å². The monoisotopic (exact) mass is 241 g/mol. The third-order valence-electron chi connectivity index (χ3n) is 3.75. The van der Waals surface area contributed by atoms with Crippen LogP contribution in [0.25, 0.3) is 10.9 Å². The first-order chi connectivity index (χ1) is 8.83. The Labute approximate surface area is 107 Å². The molecule has 3 nitrogen and oxygen atoms in total. The lowest BCUT2D eigenvalue weighted by Crippen LogP contribution is -2.42. The van der Waals surface area contributed by atoms with E-state index in [2.05, 4.69) is 22.4 Å². The maximum absolute atomic E-state index is 6.15. The van der Waals surface area contributed by atoms with Crippen LogP contribution in [0.1, 0.15) is 25.7 Å². The van der Waals surface area contributed by atoms with Crippen molar-refractivity contribution >= 4 is 16.7 Å². The van der Waals surface area contributed by atoms with Crippen LogP contribution in [0, 0.1) is 0 Å². The van der Waals surface area contributed by atoms with Gasteiger partial charge < -0.3 is 11.1 Å². The van der Waals surface area contributed by atoms with Crippen LogP contribution in [0.2, 0.25) is 0 Å². The van der Waals surface area contributed by atoms with Crippen LogP contribution in [0.5, 0.6) is 0 Å². The molecule has 1 saturated carbocycles. The van der Waals surface area contributed by atoms with Gasteiger partial charge in [0.05, 0.1) is 5.52 Å². The number of nitrogens with zero attached hydrogens (tertiary/aromatic N) is 1. The predicted octanol–water partition coefficient (Wildman–Crippen LogP) is 2.92. The van der Waals surface area contributed by atoms with E-state index >= 15 is 0 Å². The topological polar surface area (TPSA) is 50.9 Å². The highest BCUT2D eigenvalue weighted by molar-refractivity contribution is 5.80. The molecule has 1 aromatic heterocycles. The second-order valence-electron chi connectivity index (χ2n) is 5.09. The van der Waals surface area contributed by atoms with E-state index in [9.17, 15) is 0 Å². The van der Waals surface area contributed by atoms with Gasteiger partial charge in [0.15, 0.2) is 0 Å². The minimum Gasteiger partial charge on any atom is -0.366 e. The number of rotatable bonds is 2. The molecule has 1 heterocycles. The standard InChI is InChI=1S/C15H19N3/c16-12-6-2-4-8-14(12)18-15-10-9-11-5-1-3-7-13(11)17-15/h1,3,5,7,9-10,12,14H,2,4,6,8,16H2,(H,17,18)/t12-,14-/m1/s1. The van der Waals surface area contributed by atoms with Gasteiger partial charge in [0.2, 0.25) is 0 Å². The van der Waals surface area contributed by atoms with Crippen molar-refractivity contribution in [2.45, 2.75) is 37.8 Å². The molecule has 0 aliphatic heterocycles. The minimum absolute atomic E-state index is 0.257. The fourth-order valence-corrected chi connectivity index (χ4v) is 2.68. The molecule has 3 N–H and O–H groups in total. The Morgan fingerprint density at radius 2 is 1.89 bits per heavy atom. The van der Waals surface area contributed by atoms with Crippen molar-refractivity contribution in [1.82, 2.24) is 4.98 Å². The molecule has 2 aromatic rings. The molecular formula is C15H19N3. The van der Waals surface area contributed by atoms with Crippen LogP contribution in [0.15, 0.2) is 36.4 Å². The largest absolute Gasteiger partial charge is 0.366 e. The highest BCUT2D eigenvalue weighted by Crippen LogP contribution is 2.21. The van der Waals surface area contributed by atoms with E-state index in [4.69, 9.17) is 5.73 Å². The summed E-state index contributed by atoms with van der Waals surface area (Å²) in [5.74, 6) is 0.941. The Kier molecular flexibility index (Phi) is 3.15. The van der Waals surface area contributed by atoms with Crippen molar-refractivity contribution in [1.29, 1.82) is 0 Å². The Balaban J connectivity index is 1.81. The number of fused-ring (bicyclic) bond motifs is 1. The van der Waals surface area contributed by atoms with E-state index in [0.717, 1.165) is 24.2 Å². The Morgan fingerprint density at radius 1 is 1.06 bits per heavy atom. The molecule has 0 amide bonds. The summed E-state index contributed by atoms with van der Waals surface area (Å²) in [6.45, 7) is 0. The zero-order valence-corrected chi connectivity index (χ0v) is 10.5. The Bertz CT molecular complexity index is 538. The van der Waals surface area contributed by atoms with Crippen molar-refractivity contribution in [3.8, 4) is 0 Å². The zero-order valence-electron chi connectivity index (χ0n) is 10.5. The highest BCUT2D eigenvalue weighted by Gasteiger charge is 2.21. The molecule has 3 rings (SSSR count). The fourth-order valence-electron chi connectivity index (χ4n) is 2.68. The molecule has 2 atom stereocenters. The van der Waals surface area contributed by atoms with E-state index in [0.29, 0.717) is 6.04 Å². The summed E-state index contributed by atoms with van der Waals surface area (Å²) in [5, 5.41) is 4.66. The second-order valence-corrected chi connectivity index (χ2v) is 5.09. The molecule has 0 bridgehead atoms. The van der Waals surface area contributed by atoms with Crippen molar-refractivity contribution < 1.29 is 0 Å². The van der Waals surface area contributed by atoms with E-state index in [1.54, 1.807) is 0 Å². The Hall–Kier alpha value is -1.61. The smallest absolute Gasteiger partial charge is 0.126 e. The normalized spacial score (nSPS) is 24.1. The van der Waals surface area contributed by atoms with E-state index in [1.807, 2.05) is 24.3 Å². The second kappa shape index (κ2) is 4.94. The van der Waals surface area contributed by atoms with Crippen LogP contribution in [-0.4, -0.2) is 17.1 Å². The lowest BCUT2D eigenvalue weighted by Gasteiger charge is -2.29. The number of para-hydroxylation sites is 1. The van der Waals surface area contributed by atoms with Gasteiger partial charge >= 0.3 is 0 Å². The number of nitrogens with two attached hydrogens (primary N) is 1. The van der Waals surface area contributed by atoms with Crippen LogP contribution in [0.4, 0.5) is 5.82 Å². The minimum atomic E-state index is 0.257. The maximum Gasteiger partial charge on any atom is 0.126 e. The number of aromatic nitrogens is 1. The predicted molar refractivity (Wildman–Crippen MR) is 75.6 cm³/mol. The van der Waals surface area contributed by atoms with Gasteiger partial charge in [0.1, 0.15) is 5.82 Å². The van der Waals surface area contributed by atoms with Crippen LogP contribution < -0.4 is 11.1 Å². The average Bonchev–Trinajstić information content (AvgIpc) is 2.41. The van der Waals surface area contributed by atoms with Crippen molar-refractivity contribution in [3.05, 3.63) is 36.4 Å². The van der Waals surface area contributed by atoms with Crippen LogP contribution in [0.3, 0.4) is 0 Å². The molecule has 18 heavy (non-hydrogen) atoms. The molecule has 1 aliphatic rings. The highest BCUT2D eigenvalue weighted by atomic mass is 15.0. The summed E-state index contributed by atoms with van der Waals surface area (Å²) in [6, 6.07) is 13.0. The fraction of sp³-hybridized carbons (Fsp3) is 0.400. The number of anilines is 1. The molecule has 0 radical (unpaired) electrons. The number of pyridine rings is 1. The summed E-state index contributed by atoms with van der Waals surface area (Å²) in [5.41, 5.74) is 7.18. The van der Waals surface area contributed by atoms with Gasteiger partial charge in [-0.25, -0.2) is 4.98 Å². The SMILES string of the molecule is N[C@@H]1CCCC[C@H]1Nc1ccc2ccccc2n1. The first-order valence-electron chi connectivity index (χ1n) is 6.71. The van der Waals surface area contributed by atoms with Gasteiger partial charge in [-0.3, -0.25) is 0 Å². The first kappa shape index (κ1) is 11.5. The summed E-state index contributed by atoms with van der Waals surface area (Å²) in [4.78, 5) is 4.64. The third-order valence-corrected chi connectivity index (χ3v) is 3.75. The maximum atomic E-state index is 6.15. The van der Waals surface area contributed by atoms with Crippen LogP contribution in [-0.2, 0) is 0 Å². The van der Waals surface area contributed by atoms with Gasteiger partial charge in [0.25, 0.3) is 0 Å². The number of hydrogen-bond donors (Lipinski definition) is 2. The molecule has 0 spiro atoms. The summed E-state index contributed by atoms with van der Waals surface area (Å²) in [7, 11) is 0. The molecule has 0 unspecified atom stereocenters. The number of benzene rings is 1. The molecule has 94 valence electrons. The van der Waals surface area contributed by atoms with Gasteiger partial charge in [-0.1, -0.05) is 31.0 Å². The first-order valence-corrected chi connectivity index (χ1v) is 6.71. The molecule has 1 aliphatic carbocycles. The molecule has 3 heteroatoms. The van der Waals surface area contributed by atoms with E-state index < -0.39 is 0 Å². The number of hydrogen-bond acceptors (Lipinski definition) is 3. The lowest BCUT2D eigenvalue weighted by molar-refractivity contribution is 0.403.